The van der Waals surface area contributed by atoms with Gasteiger partial charge in [0.15, 0.2) is 0 Å². The molecule has 1 N–H and O–H groups in total. The van der Waals surface area contributed by atoms with E-state index in [1.807, 2.05) is 29.2 Å². The number of rotatable bonds is 3. The molecular formula is C19H24N4O2. The molecule has 1 fully saturated rings. The van der Waals surface area contributed by atoms with Crippen LogP contribution in [-0.2, 0) is 10.2 Å². The fraction of sp³-hybridized carbons (Fsp3) is 0.421. The van der Waals surface area contributed by atoms with Crippen molar-refractivity contribution in [2.45, 2.75) is 26.2 Å². The summed E-state index contributed by atoms with van der Waals surface area (Å²) in [6.07, 6.45) is 1.62. The van der Waals surface area contributed by atoms with E-state index in [0.717, 1.165) is 18.8 Å². The Morgan fingerprint density at radius 3 is 2.44 bits per heavy atom. The van der Waals surface area contributed by atoms with Crippen molar-refractivity contribution in [1.29, 1.82) is 0 Å². The molecule has 0 unspecified atom stereocenters. The van der Waals surface area contributed by atoms with Crippen LogP contribution in [0.4, 0.5) is 11.6 Å². The molecule has 2 heterocycles. The normalized spacial score (nSPS) is 15.1. The summed E-state index contributed by atoms with van der Waals surface area (Å²) in [4.78, 5) is 23.2. The van der Waals surface area contributed by atoms with Crippen LogP contribution in [0.1, 0.15) is 36.8 Å². The van der Waals surface area contributed by atoms with Gasteiger partial charge in [0, 0.05) is 25.0 Å². The van der Waals surface area contributed by atoms with Crippen molar-refractivity contribution in [2.75, 3.05) is 36.5 Å². The van der Waals surface area contributed by atoms with Crippen LogP contribution in [0.25, 0.3) is 0 Å². The number of carbonyl (C=O) groups excluding carboxylic acids is 1. The van der Waals surface area contributed by atoms with Crippen LogP contribution < -0.4 is 10.2 Å². The summed E-state index contributed by atoms with van der Waals surface area (Å²) in [5.74, 6) is 0.333. The minimum Gasteiger partial charge on any atom is -0.378 e. The molecule has 0 bridgehead atoms. The van der Waals surface area contributed by atoms with Crippen LogP contribution in [0.5, 0.6) is 0 Å². The van der Waals surface area contributed by atoms with Crippen molar-refractivity contribution in [2.24, 2.45) is 0 Å². The highest BCUT2D eigenvalue weighted by atomic mass is 16.5. The first-order valence-corrected chi connectivity index (χ1v) is 8.51. The third-order valence-corrected chi connectivity index (χ3v) is 4.18. The molecule has 2 aromatic rings. The number of ether oxygens (including phenoxy) is 1. The van der Waals surface area contributed by atoms with Gasteiger partial charge in [-0.2, -0.15) is 0 Å². The number of carbonyl (C=O) groups is 1. The van der Waals surface area contributed by atoms with Crippen LogP contribution in [-0.4, -0.2) is 42.2 Å². The van der Waals surface area contributed by atoms with E-state index < -0.39 is 0 Å². The van der Waals surface area contributed by atoms with Crippen molar-refractivity contribution < 1.29 is 9.53 Å². The van der Waals surface area contributed by atoms with Gasteiger partial charge in [-0.25, -0.2) is 9.97 Å². The van der Waals surface area contributed by atoms with E-state index in [1.54, 1.807) is 12.3 Å². The highest BCUT2D eigenvalue weighted by molar-refractivity contribution is 6.02. The number of morpholine rings is 1. The first kappa shape index (κ1) is 17.4. The molecule has 1 aliphatic rings. The van der Waals surface area contributed by atoms with Crippen molar-refractivity contribution in [1.82, 2.24) is 9.97 Å². The van der Waals surface area contributed by atoms with Crippen LogP contribution in [0.3, 0.4) is 0 Å². The maximum absolute atomic E-state index is 12.5. The number of nitrogens with one attached hydrogen (secondary N) is 1. The van der Waals surface area contributed by atoms with Gasteiger partial charge in [-0.05, 0) is 29.2 Å². The summed E-state index contributed by atoms with van der Waals surface area (Å²) in [5.41, 5.74) is 2.42. The van der Waals surface area contributed by atoms with Gasteiger partial charge in [0.05, 0.1) is 13.2 Å². The first-order chi connectivity index (χ1) is 11.9. The second-order valence-electron chi connectivity index (χ2n) is 7.12. The number of hydrogen-bond donors (Lipinski definition) is 1. The summed E-state index contributed by atoms with van der Waals surface area (Å²) in [5, 5.41) is 2.89. The molecule has 1 aromatic heterocycles. The van der Waals surface area contributed by atoms with Crippen molar-refractivity contribution >= 4 is 17.5 Å². The minimum absolute atomic E-state index is 0.0856. The largest absolute Gasteiger partial charge is 0.378 e. The fourth-order valence-corrected chi connectivity index (χ4v) is 2.64. The van der Waals surface area contributed by atoms with E-state index in [0.29, 0.717) is 24.9 Å². The van der Waals surface area contributed by atoms with Crippen LogP contribution in [0, 0.1) is 0 Å². The van der Waals surface area contributed by atoms with E-state index in [-0.39, 0.29) is 11.3 Å². The number of aromatic nitrogens is 2. The van der Waals surface area contributed by atoms with Gasteiger partial charge < -0.3 is 15.0 Å². The van der Waals surface area contributed by atoms with Gasteiger partial charge in [-0.15, -0.1) is 0 Å². The van der Waals surface area contributed by atoms with Gasteiger partial charge in [-0.1, -0.05) is 32.9 Å². The van der Waals surface area contributed by atoms with Gasteiger partial charge in [0.25, 0.3) is 5.91 Å². The Balaban J connectivity index is 1.70. The smallest absolute Gasteiger partial charge is 0.274 e. The molecule has 1 aliphatic heterocycles. The van der Waals surface area contributed by atoms with E-state index in [2.05, 4.69) is 36.1 Å². The Labute approximate surface area is 148 Å². The zero-order valence-electron chi connectivity index (χ0n) is 15.0. The molecule has 0 aliphatic carbocycles. The van der Waals surface area contributed by atoms with Crippen molar-refractivity contribution in [3.63, 3.8) is 0 Å². The Bertz CT molecular complexity index is 732. The molecule has 0 saturated carbocycles. The SMILES string of the molecule is CC(C)(C)c1ccc(NC(=O)c2ccnc(N3CCOCC3)n2)cc1. The lowest BCUT2D eigenvalue weighted by Crippen LogP contribution is -2.37. The lowest BCUT2D eigenvalue weighted by molar-refractivity contribution is 0.102. The summed E-state index contributed by atoms with van der Waals surface area (Å²) in [6, 6.07) is 9.54. The predicted octanol–water partition coefficient (Wildman–Crippen LogP) is 2.86. The second kappa shape index (κ2) is 7.19. The highest BCUT2D eigenvalue weighted by Crippen LogP contribution is 2.23. The number of amides is 1. The summed E-state index contributed by atoms with van der Waals surface area (Å²) >= 11 is 0. The molecule has 25 heavy (non-hydrogen) atoms. The highest BCUT2D eigenvalue weighted by Gasteiger charge is 2.17. The summed E-state index contributed by atoms with van der Waals surface area (Å²) in [7, 11) is 0. The van der Waals surface area contributed by atoms with Crippen molar-refractivity contribution in [3.8, 4) is 0 Å². The predicted molar refractivity (Wildman–Crippen MR) is 98.2 cm³/mol. The molecule has 1 saturated heterocycles. The molecule has 132 valence electrons. The third kappa shape index (κ3) is 4.33. The Kier molecular flexibility index (Phi) is 4.99. The molecule has 0 radical (unpaired) electrons. The minimum atomic E-state index is -0.236. The first-order valence-electron chi connectivity index (χ1n) is 8.51. The number of anilines is 2. The van der Waals surface area contributed by atoms with Gasteiger partial charge in [0.1, 0.15) is 5.69 Å². The summed E-state index contributed by atoms with van der Waals surface area (Å²) in [6.45, 7) is 9.26. The van der Waals surface area contributed by atoms with E-state index >= 15 is 0 Å². The monoisotopic (exact) mass is 340 g/mol. The average molecular weight is 340 g/mol. The van der Waals surface area contributed by atoms with Crippen LogP contribution in [0.2, 0.25) is 0 Å². The van der Waals surface area contributed by atoms with Crippen molar-refractivity contribution in [3.05, 3.63) is 47.8 Å². The van der Waals surface area contributed by atoms with E-state index in [1.165, 1.54) is 5.56 Å². The van der Waals surface area contributed by atoms with E-state index in [9.17, 15) is 4.79 Å². The van der Waals surface area contributed by atoms with Gasteiger partial charge in [0.2, 0.25) is 5.95 Å². The number of benzene rings is 1. The second-order valence-corrected chi connectivity index (χ2v) is 7.12. The zero-order chi connectivity index (χ0) is 17.9. The molecule has 6 heteroatoms. The fourth-order valence-electron chi connectivity index (χ4n) is 2.64. The number of nitrogens with zero attached hydrogens (tertiary/aromatic N) is 3. The maximum atomic E-state index is 12.5. The lowest BCUT2D eigenvalue weighted by atomic mass is 9.87. The van der Waals surface area contributed by atoms with Crippen LogP contribution >= 0.6 is 0 Å². The third-order valence-electron chi connectivity index (χ3n) is 4.18. The molecule has 0 spiro atoms. The standard InChI is InChI=1S/C19H24N4O2/c1-19(2,3)14-4-6-15(7-5-14)21-17(24)16-8-9-20-18(22-16)23-10-12-25-13-11-23/h4-9H,10-13H2,1-3H3,(H,21,24). The zero-order valence-corrected chi connectivity index (χ0v) is 15.0. The van der Waals surface area contributed by atoms with E-state index in [4.69, 9.17) is 4.74 Å². The number of hydrogen-bond acceptors (Lipinski definition) is 5. The maximum Gasteiger partial charge on any atom is 0.274 e. The molecule has 1 amide bonds. The molecule has 0 atom stereocenters. The Morgan fingerprint density at radius 2 is 1.80 bits per heavy atom. The molecule has 1 aromatic carbocycles. The topological polar surface area (TPSA) is 67.4 Å². The molecule has 3 rings (SSSR count). The van der Waals surface area contributed by atoms with Gasteiger partial charge in [-0.3, -0.25) is 4.79 Å². The van der Waals surface area contributed by atoms with Crippen LogP contribution in [0.15, 0.2) is 36.5 Å². The molecule has 6 nitrogen and oxygen atoms in total. The Hall–Kier alpha value is -2.47. The Morgan fingerprint density at radius 1 is 1.12 bits per heavy atom. The van der Waals surface area contributed by atoms with Gasteiger partial charge >= 0.3 is 0 Å². The lowest BCUT2D eigenvalue weighted by Gasteiger charge is -2.26. The molecular weight excluding hydrogens is 316 g/mol. The quantitative estimate of drug-likeness (QED) is 0.930. The summed E-state index contributed by atoms with van der Waals surface area (Å²) < 4.78 is 5.33. The average Bonchev–Trinajstić information content (AvgIpc) is 2.62.